The first-order valence-corrected chi connectivity index (χ1v) is 7.91. The zero-order valence-corrected chi connectivity index (χ0v) is 12.7. The largest absolute Gasteiger partial charge is 0.320 e. The van der Waals surface area contributed by atoms with Crippen molar-refractivity contribution in [1.29, 1.82) is 0 Å². The van der Waals surface area contributed by atoms with Gasteiger partial charge in [0.25, 0.3) is 0 Å². The molecule has 0 unspecified atom stereocenters. The molecule has 1 aromatic carbocycles. The van der Waals surface area contributed by atoms with Crippen molar-refractivity contribution in [3.63, 3.8) is 0 Å². The number of halogens is 1. The summed E-state index contributed by atoms with van der Waals surface area (Å²) in [5.74, 6) is 6.68. The van der Waals surface area contributed by atoms with Crippen LogP contribution in [0.5, 0.6) is 0 Å². The molecular weight excluding hydrogens is 293 g/mol. The van der Waals surface area contributed by atoms with E-state index in [1.807, 2.05) is 6.92 Å². The summed E-state index contributed by atoms with van der Waals surface area (Å²) in [5, 5.41) is 0. The first-order chi connectivity index (χ1) is 9.72. The van der Waals surface area contributed by atoms with Crippen LogP contribution in [0.25, 0.3) is 0 Å². The van der Waals surface area contributed by atoms with Gasteiger partial charge in [0.15, 0.2) is 4.34 Å². The van der Waals surface area contributed by atoms with E-state index in [0.29, 0.717) is 5.56 Å². The topological polar surface area (TPSA) is 51.8 Å². The number of nitrogens with two attached hydrogens (primary N) is 1. The van der Waals surface area contributed by atoms with E-state index in [0.717, 1.165) is 27.9 Å². The number of hydrogen-bond donors (Lipinski definition) is 1. The van der Waals surface area contributed by atoms with E-state index in [9.17, 15) is 4.39 Å². The Bertz CT molecular complexity index is 643. The minimum atomic E-state index is -0.316. The molecule has 0 spiro atoms. The van der Waals surface area contributed by atoms with E-state index in [4.69, 9.17) is 5.73 Å². The van der Waals surface area contributed by atoms with Gasteiger partial charge >= 0.3 is 0 Å². The van der Waals surface area contributed by atoms with Crippen LogP contribution in [0.15, 0.2) is 22.5 Å². The molecule has 20 heavy (non-hydrogen) atoms. The number of thioether (sulfide) groups is 1. The predicted molar refractivity (Wildman–Crippen MR) is 81.2 cm³/mol. The third kappa shape index (κ3) is 4.04. The van der Waals surface area contributed by atoms with Gasteiger partial charge in [-0.1, -0.05) is 36.6 Å². The van der Waals surface area contributed by atoms with Crippen LogP contribution in [0.4, 0.5) is 4.39 Å². The number of aryl methyl sites for hydroxylation is 1. The minimum Gasteiger partial charge on any atom is -0.320 e. The molecule has 0 aliphatic heterocycles. The molecule has 2 aromatic rings. The van der Waals surface area contributed by atoms with Crippen LogP contribution in [0.2, 0.25) is 0 Å². The second-order valence-electron chi connectivity index (χ2n) is 3.94. The number of rotatable bonds is 4. The van der Waals surface area contributed by atoms with Crippen LogP contribution < -0.4 is 5.73 Å². The smallest absolute Gasteiger partial charge is 0.170 e. The fourth-order valence-electron chi connectivity index (χ4n) is 1.49. The van der Waals surface area contributed by atoms with Crippen LogP contribution >= 0.6 is 23.3 Å². The summed E-state index contributed by atoms with van der Waals surface area (Å²) in [6.07, 6.45) is 0.840. The number of aromatic nitrogens is 2. The maximum atomic E-state index is 13.5. The first-order valence-electron chi connectivity index (χ1n) is 6.15. The Balaban J connectivity index is 2.05. The molecule has 1 heterocycles. The van der Waals surface area contributed by atoms with Crippen molar-refractivity contribution in [2.24, 2.45) is 5.73 Å². The quantitative estimate of drug-likeness (QED) is 0.697. The van der Waals surface area contributed by atoms with Gasteiger partial charge in [-0.2, -0.15) is 4.37 Å². The Morgan fingerprint density at radius 2 is 2.30 bits per heavy atom. The van der Waals surface area contributed by atoms with Gasteiger partial charge in [-0.25, -0.2) is 9.37 Å². The summed E-state index contributed by atoms with van der Waals surface area (Å²) in [6.45, 7) is 2.25. The van der Waals surface area contributed by atoms with Gasteiger partial charge in [-0.05, 0) is 29.2 Å². The average molecular weight is 307 g/mol. The highest BCUT2D eigenvalue weighted by Gasteiger charge is 2.05. The highest BCUT2D eigenvalue weighted by Crippen LogP contribution is 2.25. The second kappa shape index (κ2) is 7.39. The molecule has 0 fully saturated rings. The average Bonchev–Trinajstić information content (AvgIpc) is 2.93. The van der Waals surface area contributed by atoms with E-state index in [-0.39, 0.29) is 12.4 Å². The Morgan fingerprint density at radius 3 is 3.00 bits per heavy atom. The van der Waals surface area contributed by atoms with E-state index in [1.165, 1.54) is 17.6 Å². The van der Waals surface area contributed by atoms with Crippen LogP contribution in [-0.4, -0.2) is 15.9 Å². The standard InChI is InChI=1S/C14H14FN3S2/c1-2-13-17-14(20-18-13)19-9-10-5-6-12(15)11(8-10)4-3-7-16/h5-6,8H,2,7,9,16H2,1H3. The van der Waals surface area contributed by atoms with Gasteiger partial charge in [-0.3, -0.25) is 0 Å². The summed E-state index contributed by atoms with van der Waals surface area (Å²) < 4.78 is 18.7. The van der Waals surface area contributed by atoms with Crippen molar-refractivity contribution in [3.05, 3.63) is 41.0 Å². The lowest BCUT2D eigenvalue weighted by Gasteiger charge is -2.01. The highest BCUT2D eigenvalue weighted by molar-refractivity contribution is 8.00. The van der Waals surface area contributed by atoms with Crippen molar-refractivity contribution < 1.29 is 4.39 Å². The molecule has 0 saturated heterocycles. The lowest BCUT2D eigenvalue weighted by molar-refractivity contribution is 0.624. The van der Waals surface area contributed by atoms with Gasteiger partial charge in [0.05, 0.1) is 12.1 Å². The van der Waals surface area contributed by atoms with Crippen LogP contribution in [-0.2, 0) is 12.2 Å². The van der Waals surface area contributed by atoms with Crippen molar-refractivity contribution in [2.75, 3.05) is 6.54 Å². The lowest BCUT2D eigenvalue weighted by atomic mass is 10.1. The fourth-order valence-corrected chi connectivity index (χ4v) is 3.13. The second-order valence-corrected chi connectivity index (χ2v) is 5.91. The molecule has 0 bridgehead atoms. The molecule has 0 atom stereocenters. The zero-order valence-electron chi connectivity index (χ0n) is 11.0. The molecule has 0 aliphatic rings. The Labute approximate surface area is 126 Å². The van der Waals surface area contributed by atoms with Gasteiger partial charge in [-0.15, -0.1) is 0 Å². The van der Waals surface area contributed by atoms with Crippen molar-refractivity contribution >= 4 is 23.3 Å². The van der Waals surface area contributed by atoms with E-state index in [2.05, 4.69) is 21.2 Å². The van der Waals surface area contributed by atoms with Crippen molar-refractivity contribution in [2.45, 2.75) is 23.4 Å². The van der Waals surface area contributed by atoms with Crippen LogP contribution in [0.3, 0.4) is 0 Å². The molecule has 104 valence electrons. The van der Waals surface area contributed by atoms with Gasteiger partial charge in [0, 0.05) is 12.2 Å². The van der Waals surface area contributed by atoms with Gasteiger partial charge in [0.1, 0.15) is 11.6 Å². The molecule has 2 N–H and O–H groups in total. The normalized spacial score (nSPS) is 10.2. The van der Waals surface area contributed by atoms with Crippen LogP contribution in [0, 0.1) is 17.7 Å². The third-order valence-corrected chi connectivity index (χ3v) is 4.43. The first kappa shape index (κ1) is 15.0. The molecule has 0 radical (unpaired) electrons. The van der Waals surface area contributed by atoms with Crippen molar-refractivity contribution in [3.8, 4) is 11.8 Å². The van der Waals surface area contributed by atoms with Gasteiger partial charge in [0.2, 0.25) is 0 Å². The SMILES string of the molecule is CCc1nsc(SCc2ccc(F)c(C#CCN)c2)n1. The number of hydrogen-bond acceptors (Lipinski definition) is 5. The predicted octanol–water partition coefficient (Wildman–Crippen LogP) is 2.84. The Morgan fingerprint density at radius 1 is 1.45 bits per heavy atom. The van der Waals surface area contributed by atoms with Crippen molar-refractivity contribution in [1.82, 2.24) is 9.36 Å². The van der Waals surface area contributed by atoms with E-state index < -0.39 is 0 Å². The zero-order chi connectivity index (χ0) is 14.4. The number of benzene rings is 1. The summed E-state index contributed by atoms with van der Waals surface area (Å²) in [4.78, 5) is 4.39. The van der Waals surface area contributed by atoms with E-state index in [1.54, 1.807) is 23.9 Å². The highest BCUT2D eigenvalue weighted by atomic mass is 32.2. The van der Waals surface area contributed by atoms with E-state index >= 15 is 0 Å². The molecule has 0 saturated carbocycles. The summed E-state index contributed by atoms with van der Waals surface area (Å²) in [7, 11) is 0. The maximum Gasteiger partial charge on any atom is 0.170 e. The molecule has 6 heteroatoms. The fraction of sp³-hybridized carbons (Fsp3) is 0.286. The van der Waals surface area contributed by atoms with Gasteiger partial charge < -0.3 is 5.73 Å². The number of nitrogens with zero attached hydrogens (tertiary/aromatic N) is 2. The monoisotopic (exact) mass is 307 g/mol. The Hall–Kier alpha value is -1.42. The molecule has 0 amide bonds. The summed E-state index contributed by atoms with van der Waals surface area (Å²) >= 11 is 3.00. The molecule has 0 aliphatic carbocycles. The summed E-state index contributed by atoms with van der Waals surface area (Å²) in [5.41, 5.74) is 6.70. The lowest BCUT2D eigenvalue weighted by Crippen LogP contribution is -1.94. The maximum absolute atomic E-state index is 13.5. The minimum absolute atomic E-state index is 0.225. The summed E-state index contributed by atoms with van der Waals surface area (Å²) in [6, 6.07) is 4.96. The molecule has 3 nitrogen and oxygen atoms in total. The Kier molecular flexibility index (Phi) is 5.53. The van der Waals surface area contributed by atoms with Crippen LogP contribution in [0.1, 0.15) is 23.9 Å². The third-order valence-electron chi connectivity index (χ3n) is 2.48. The molecular formula is C14H14FN3S2. The molecule has 1 aromatic heterocycles. The molecule has 2 rings (SSSR count).